The molecule has 0 aromatic heterocycles. The van der Waals surface area contributed by atoms with Crippen LogP contribution in [0.1, 0.15) is 18.4 Å². The van der Waals surface area contributed by atoms with Crippen molar-refractivity contribution in [2.45, 2.75) is 24.6 Å². The maximum atomic E-state index is 4.81. The van der Waals surface area contributed by atoms with E-state index in [1.165, 1.54) is 23.6 Å². The Labute approximate surface area is 113 Å². The first-order chi connectivity index (χ1) is 8.84. The average molecular weight is 261 g/mol. The lowest BCUT2D eigenvalue weighted by Crippen LogP contribution is -2.43. The summed E-state index contributed by atoms with van der Waals surface area (Å²) in [7, 11) is 2.19. The van der Waals surface area contributed by atoms with Gasteiger partial charge in [0.25, 0.3) is 0 Å². The van der Waals surface area contributed by atoms with Crippen LogP contribution in [0.25, 0.3) is 0 Å². The van der Waals surface area contributed by atoms with Crippen LogP contribution in [0.3, 0.4) is 0 Å². The summed E-state index contributed by atoms with van der Waals surface area (Å²) in [5, 5.41) is 4.60. The molecule has 96 valence electrons. The van der Waals surface area contributed by atoms with Crippen LogP contribution in [0.5, 0.6) is 0 Å². The van der Waals surface area contributed by atoms with E-state index in [0.29, 0.717) is 6.04 Å². The highest BCUT2D eigenvalue weighted by molar-refractivity contribution is 8.13. The lowest BCUT2D eigenvalue weighted by Gasteiger charge is -2.34. The van der Waals surface area contributed by atoms with Gasteiger partial charge in [0.15, 0.2) is 5.17 Å². The van der Waals surface area contributed by atoms with Crippen LogP contribution in [-0.4, -0.2) is 36.2 Å². The lowest BCUT2D eigenvalue weighted by molar-refractivity contribution is 0.293. The van der Waals surface area contributed by atoms with Gasteiger partial charge >= 0.3 is 0 Å². The fourth-order valence-corrected chi connectivity index (χ4v) is 3.59. The molecule has 2 aliphatic rings. The number of para-hydroxylation sites is 1. The Bertz CT molecular complexity index is 452. The number of thioether (sulfide) groups is 1. The number of nitrogens with one attached hydrogen (secondary N) is 1. The molecule has 3 nitrogen and oxygen atoms in total. The maximum Gasteiger partial charge on any atom is 0.164 e. The zero-order valence-corrected chi connectivity index (χ0v) is 11.5. The van der Waals surface area contributed by atoms with Crippen molar-refractivity contribution in [2.24, 2.45) is 4.99 Å². The summed E-state index contributed by atoms with van der Waals surface area (Å²) >= 11 is 1.86. The molecular formula is C14H19N3S. The SMILES string of the molecule is CN(C1=Nc2ccccc2CS1)C1CCNCC1. The molecule has 3 rings (SSSR count). The summed E-state index contributed by atoms with van der Waals surface area (Å²) in [6.45, 7) is 2.26. The number of piperidine rings is 1. The molecule has 4 heteroatoms. The molecular weight excluding hydrogens is 242 g/mol. The lowest BCUT2D eigenvalue weighted by atomic mass is 10.1. The first kappa shape index (κ1) is 12.1. The molecule has 1 saturated heterocycles. The van der Waals surface area contributed by atoms with E-state index in [1.54, 1.807) is 0 Å². The van der Waals surface area contributed by atoms with Crippen LogP contribution in [0.4, 0.5) is 5.69 Å². The second kappa shape index (κ2) is 5.33. The standard InChI is InChI=1S/C14H19N3S/c1-17(12-6-8-15-9-7-12)14-16-13-5-3-2-4-11(13)10-18-14/h2-5,12,15H,6-10H2,1H3. The molecule has 2 heterocycles. The maximum absolute atomic E-state index is 4.81. The number of hydrogen-bond donors (Lipinski definition) is 1. The van der Waals surface area contributed by atoms with Crippen LogP contribution >= 0.6 is 11.8 Å². The predicted octanol–water partition coefficient (Wildman–Crippen LogP) is 2.60. The molecule has 1 N–H and O–H groups in total. The van der Waals surface area contributed by atoms with E-state index in [4.69, 9.17) is 4.99 Å². The minimum atomic E-state index is 0.641. The largest absolute Gasteiger partial charge is 0.351 e. The summed E-state index contributed by atoms with van der Waals surface area (Å²) in [6, 6.07) is 9.10. The first-order valence-corrected chi connectivity index (χ1v) is 7.56. The van der Waals surface area contributed by atoms with Gasteiger partial charge in [0.2, 0.25) is 0 Å². The highest BCUT2D eigenvalue weighted by Crippen LogP contribution is 2.32. The molecule has 18 heavy (non-hydrogen) atoms. The number of nitrogens with zero attached hydrogens (tertiary/aromatic N) is 2. The number of rotatable bonds is 1. The molecule has 0 bridgehead atoms. The van der Waals surface area contributed by atoms with Gasteiger partial charge < -0.3 is 10.2 Å². The molecule has 2 aliphatic heterocycles. The number of hydrogen-bond acceptors (Lipinski definition) is 4. The van der Waals surface area contributed by atoms with Gasteiger partial charge in [-0.1, -0.05) is 30.0 Å². The average Bonchev–Trinajstić information content (AvgIpc) is 2.47. The molecule has 0 amide bonds. The Balaban J connectivity index is 1.79. The molecule has 1 aromatic rings. The molecule has 0 radical (unpaired) electrons. The second-order valence-corrected chi connectivity index (χ2v) is 5.85. The first-order valence-electron chi connectivity index (χ1n) is 6.57. The van der Waals surface area contributed by atoms with Crippen molar-refractivity contribution in [3.63, 3.8) is 0 Å². The molecule has 0 atom stereocenters. The van der Waals surface area contributed by atoms with E-state index in [2.05, 4.69) is 41.5 Å². The third kappa shape index (κ3) is 2.40. The van der Waals surface area contributed by atoms with E-state index in [1.807, 2.05) is 11.8 Å². The number of amidine groups is 1. The minimum absolute atomic E-state index is 0.641. The third-order valence-electron chi connectivity index (χ3n) is 3.72. The van der Waals surface area contributed by atoms with Crippen molar-refractivity contribution in [1.82, 2.24) is 10.2 Å². The summed E-state index contributed by atoms with van der Waals surface area (Å²) in [6.07, 6.45) is 2.44. The summed E-state index contributed by atoms with van der Waals surface area (Å²) in [4.78, 5) is 7.18. The van der Waals surface area contributed by atoms with E-state index < -0.39 is 0 Å². The number of fused-ring (bicyclic) bond motifs is 1. The van der Waals surface area contributed by atoms with Gasteiger partial charge in [-0.3, -0.25) is 0 Å². The second-order valence-electron chi connectivity index (χ2n) is 4.90. The van der Waals surface area contributed by atoms with Crippen molar-refractivity contribution < 1.29 is 0 Å². The predicted molar refractivity (Wildman–Crippen MR) is 78.5 cm³/mol. The van der Waals surface area contributed by atoms with Crippen molar-refractivity contribution in [3.05, 3.63) is 29.8 Å². The monoisotopic (exact) mass is 261 g/mol. The van der Waals surface area contributed by atoms with E-state index in [-0.39, 0.29) is 0 Å². The topological polar surface area (TPSA) is 27.6 Å². The molecule has 1 fully saturated rings. The fraction of sp³-hybridized carbons (Fsp3) is 0.500. The van der Waals surface area contributed by atoms with Gasteiger partial charge in [0, 0.05) is 18.8 Å². The quantitative estimate of drug-likeness (QED) is 0.842. The summed E-state index contributed by atoms with van der Waals surface area (Å²) in [5.41, 5.74) is 2.50. The summed E-state index contributed by atoms with van der Waals surface area (Å²) < 4.78 is 0. The minimum Gasteiger partial charge on any atom is -0.351 e. The van der Waals surface area contributed by atoms with Crippen LogP contribution in [0.2, 0.25) is 0 Å². The Kier molecular flexibility index (Phi) is 3.57. The molecule has 0 spiro atoms. The van der Waals surface area contributed by atoms with Crippen molar-refractivity contribution in [3.8, 4) is 0 Å². The number of benzene rings is 1. The van der Waals surface area contributed by atoms with E-state index in [0.717, 1.165) is 24.5 Å². The van der Waals surface area contributed by atoms with E-state index in [9.17, 15) is 0 Å². The Morgan fingerprint density at radius 2 is 2.06 bits per heavy atom. The van der Waals surface area contributed by atoms with Gasteiger partial charge in [-0.05, 0) is 37.6 Å². The smallest absolute Gasteiger partial charge is 0.164 e. The highest BCUT2D eigenvalue weighted by atomic mass is 32.2. The van der Waals surface area contributed by atoms with Crippen LogP contribution in [-0.2, 0) is 5.75 Å². The normalized spacial score (nSPS) is 20.2. The van der Waals surface area contributed by atoms with Gasteiger partial charge in [-0.25, -0.2) is 4.99 Å². The van der Waals surface area contributed by atoms with Crippen LogP contribution < -0.4 is 5.32 Å². The van der Waals surface area contributed by atoms with Gasteiger partial charge in [0.1, 0.15) is 0 Å². The molecule has 0 saturated carbocycles. The van der Waals surface area contributed by atoms with Gasteiger partial charge in [0.05, 0.1) is 5.69 Å². The Hall–Kier alpha value is -1.00. The molecule has 0 aliphatic carbocycles. The zero-order chi connectivity index (χ0) is 12.4. The highest BCUT2D eigenvalue weighted by Gasteiger charge is 2.23. The molecule has 1 aromatic carbocycles. The van der Waals surface area contributed by atoms with Gasteiger partial charge in [-0.15, -0.1) is 0 Å². The van der Waals surface area contributed by atoms with Crippen molar-refractivity contribution >= 4 is 22.6 Å². The Morgan fingerprint density at radius 1 is 1.28 bits per heavy atom. The third-order valence-corrected chi connectivity index (χ3v) is 4.82. The molecule has 0 unspecified atom stereocenters. The fourth-order valence-electron chi connectivity index (χ4n) is 2.55. The number of aliphatic imine (C=N–C) groups is 1. The summed E-state index contributed by atoms with van der Waals surface area (Å²) in [5.74, 6) is 1.05. The van der Waals surface area contributed by atoms with Crippen molar-refractivity contribution in [1.29, 1.82) is 0 Å². The van der Waals surface area contributed by atoms with Crippen LogP contribution in [0, 0.1) is 0 Å². The van der Waals surface area contributed by atoms with Crippen molar-refractivity contribution in [2.75, 3.05) is 20.1 Å². The van der Waals surface area contributed by atoms with Gasteiger partial charge in [-0.2, -0.15) is 0 Å². The van der Waals surface area contributed by atoms with Crippen LogP contribution in [0.15, 0.2) is 29.3 Å². The Morgan fingerprint density at radius 3 is 2.89 bits per heavy atom. The zero-order valence-electron chi connectivity index (χ0n) is 10.7. The van der Waals surface area contributed by atoms with E-state index >= 15 is 0 Å².